The van der Waals surface area contributed by atoms with Crippen LogP contribution in [0.25, 0.3) is 0 Å². The molecule has 1 aromatic heterocycles. The summed E-state index contributed by atoms with van der Waals surface area (Å²) < 4.78 is 0.801. The average molecular weight is 314 g/mol. The molecule has 1 fully saturated rings. The van der Waals surface area contributed by atoms with E-state index in [0.717, 1.165) is 48.3 Å². The van der Waals surface area contributed by atoms with E-state index in [2.05, 4.69) is 25.9 Å². The Labute approximate surface area is 117 Å². The van der Waals surface area contributed by atoms with Gasteiger partial charge in [0.05, 0.1) is 5.60 Å². The highest BCUT2D eigenvalue weighted by Crippen LogP contribution is 2.31. The number of anilines is 1. The Balaban J connectivity index is 2.12. The Hall–Kier alpha value is -0.680. The standard InChI is InChI=1S/C13H20BrN3O/c1-3-11-15-10(14)8-12(16-11)17(2)9-13(18)6-4-5-7-13/h8,18H,3-7,9H2,1-2H3. The molecule has 1 aliphatic carbocycles. The van der Waals surface area contributed by atoms with Gasteiger partial charge in [-0.05, 0) is 28.8 Å². The van der Waals surface area contributed by atoms with Crippen LogP contribution in [0.1, 0.15) is 38.4 Å². The van der Waals surface area contributed by atoms with Crippen LogP contribution in [0.15, 0.2) is 10.7 Å². The molecule has 1 heterocycles. The molecule has 1 aliphatic rings. The number of hydrogen-bond acceptors (Lipinski definition) is 4. The van der Waals surface area contributed by atoms with Crippen molar-refractivity contribution in [3.8, 4) is 0 Å². The molecule has 18 heavy (non-hydrogen) atoms. The lowest BCUT2D eigenvalue weighted by atomic mass is 10.0. The lowest BCUT2D eigenvalue weighted by molar-refractivity contribution is 0.0558. The maximum Gasteiger partial charge on any atom is 0.133 e. The van der Waals surface area contributed by atoms with Crippen LogP contribution in [-0.2, 0) is 6.42 Å². The molecular weight excluding hydrogens is 294 g/mol. The first kappa shape index (κ1) is 13.7. The van der Waals surface area contributed by atoms with Crippen LogP contribution in [0.3, 0.4) is 0 Å². The molecule has 5 heteroatoms. The van der Waals surface area contributed by atoms with Gasteiger partial charge in [0, 0.05) is 26.1 Å². The molecule has 2 rings (SSSR count). The second-order valence-electron chi connectivity index (χ2n) is 5.11. The van der Waals surface area contributed by atoms with Gasteiger partial charge in [-0.2, -0.15) is 0 Å². The number of rotatable bonds is 4. The van der Waals surface area contributed by atoms with Crippen molar-refractivity contribution in [2.75, 3.05) is 18.5 Å². The van der Waals surface area contributed by atoms with E-state index in [-0.39, 0.29) is 0 Å². The normalized spacial score (nSPS) is 18.0. The van der Waals surface area contributed by atoms with E-state index in [4.69, 9.17) is 0 Å². The van der Waals surface area contributed by atoms with Crippen LogP contribution in [0.2, 0.25) is 0 Å². The van der Waals surface area contributed by atoms with Gasteiger partial charge >= 0.3 is 0 Å². The van der Waals surface area contributed by atoms with Crippen molar-refractivity contribution in [2.24, 2.45) is 0 Å². The van der Waals surface area contributed by atoms with Gasteiger partial charge in [0.25, 0.3) is 0 Å². The Morgan fingerprint density at radius 1 is 1.39 bits per heavy atom. The van der Waals surface area contributed by atoms with Crippen LogP contribution < -0.4 is 4.90 Å². The monoisotopic (exact) mass is 313 g/mol. The average Bonchev–Trinajstić information content (AvgIpc) is 2.74. The molecule has 0 radical (unpaired) electrons. The fraction of sp³-hybridized carbons (Fsp3) is 0.692. The number of halogens is 1. The van der Waals surface area contributed by atoms with Crippen molar-refractivity contribution in [3.63, 3.8) is 0 Å². The van der Waals surface area contributed by atoms with E-state index >= 15 is 0 Å². The van der Waals surface area contributed by atoms with Crippen LogP contribution in [0.4, 0.5) is 5.82 Å². The van der Waals surface area contributed by atoms with Gasteiger partial charge in [-0.15, -0.1) is 0 Å². The second kappa shape index (κ2) is 5.53. The first-order valence-electron chi connectivity index (χ1n) is 6.49. The van der Waals surface area contributed by atoms with Gasteiger partial charge < -0.3 is 10.0 Å². The summed E-state index contributed by atoms with van der Waals surface area (Å²) in [5.74, 6) is 1.69. The summed E-state index contributed by atoms with van der Waals surface area (Å²) >= 11 is 3.41. The topological polar surface area (TPSA) is 49.2 Å². The van der Waals surface area contributed by atoms with Crippen LogP contribution in [0.5, 0.6) is 0 Å². The number of likely N-dealkylation sites (N-methyl/N-ethyl adjacent to an activating group) is 1. The summed E-state index contributed by atoms with van der Waals surface area (Å²) in [6, 6.07) is 1.90. The molecule has 0 aliphatic heterocycles. The molecule has 0 aromatic carbocycles. The summed E-state index contributed by atoms with van der Waals surface area (Å²) in [4.78, 5) is 10.8. The van der Waals surface area contributed by atoms with Crippen LogP contribution in [-0.4, -0.2) is 34.3 Å². The van der Waals surface area contributed by atoms with Crippen molar-refractivity contribution in [1.82, 2.24) is 9.97 Å². The fourth-order valence-corrected chi connectivity index (χ4v) is 2.93. The lowest BCUT2D eigenvalue weighted by Crippen LogP contribution is -2.39. The number of aliphatic hydroxyl groups is 1. The third-order valence-corrected chi connectivity index (χ3v) is 3.91. The van der Waals surface area contributed by atoms with Gasteiger partial charge in [-0.25, -0.2) is 9.97 Å². The van der Waals surface area contributed by atoms with Crippen molar-refractivity contribution in [3.05, 3.63) is 16.5 Å². The number of nitrogens with zero attached hydrogens (tertiary/aromatic N) is 3. The number of aryl methyl sites for hydroxylation is 1. The number of aromatic nitrogens is 2. The van der Waals surface area contributed by atoms with E-state index in [1.54, 1.807) is 0 Å². The van der Waals surface area contributed by atoms with Crippen molar-refractivity contribution in [2.45, 2.75) is 44.6 Å². The van der Waals surface area contributed by atoms with E-state index in [9.17, 15) is 5.11 Å². The molecule has 0 spiro atoms. The number of hydrogen-bond donors (Lipinski definition) is 1. The predicted molar refractivity (Wildman–Crippen MR) is 75.8 cm³/mol. The molecule has 0 unspecified atom stereocenters. The van der Waals surface area contributed by atoms with Crippen molar-refractivity contribution >= 4 is 21.7 Å². The highest BCUT2D eigenvalue weighted by Gasteiger charge is 2.32. The molecule has 4 nitrogen and oxygen atoms in total. The second-order valence-corrected chi connectivity index (χ2v) is 5.92. The molecule has 0 amide bonds. The Bertz CT molecular complexity index is 419. The molecule has 1 aromatic rings. The predicted octanol–water partition coefficient (Wildman–Crippen LogP) is 2.54. The zero-order valence-corrected chi connectivity index (χ0v) is 12.6. The summed E-state index contributed by atoms with van der Waals surface area (Å²) in [7, 11) is 1.98. The summed E-state index contributed by atoms with van der Waals surface area (Å²) in [5, 5.41) is 10.4. The van der Waals surface area contributed by atoms with Crippen molar-refractivity contribution in [1.29, 1.82) is 0 Å². The molecular formula is C13H20BrN3O. The lowest BCUT2D eigenvalue weighted by Gasteiger charge is -2.29. The van der Waals surface area contributed by atoms with Crippen LogP contribution >= 0.6 is 15.9 Å². The summed E-state index contributed by atoms with van der Waals surface area (Å²) in [6.45, 7) is 2.68. The quantitative estimate of drug-likeness (QED) is 0.868. The van der Waals surface area contributed by atoms with E-state index in [0.29, 0.717) is 6.54 Å². The Morgan fingerprint density at radius 3 is 2.67 bits per heavy atom. The minimum atomic E-state index is -0.543. The fourth-order valence-electron chi connectivity index (χ4n) is 2.52. The molecule has 100 valence electrons. The van der Waals surface area contributed by atoms with Gasteiger partial charge in [0.15, 0.2) is 0 Å². The minimum Gasteiger partial charge on any atom is -0.388 e. The smallest absolute Gasteiger partial charge is 0.133 e. The van der Waals surface area contributed by atoms with E-state index in [1.165, 1.54) is 0 Å². The maximum atomic E-state index is 10.4. The van der Waals surface area contributed by atoms with E-state index in [1.807, 2.05) is 24.9 Å². The van der Waals surface area contributed by atoms with E-state index < -0.39 is 5.60 Å². The van der Waals surface area contributed by atoms with Gasteiger partial charge in [-0.3, -0.25) is 0 Å². The van der Waals surface area contributed by atoms with Gasteiger partial charge in [0.2, 0.25) is 0 Å². The molecule has 1 saturated carbocycles. The molecule has 1 N–H and O–H groups in total. The summed E-state index contributed by atoms with van der Waals surface area (Å²) in [6.07, 6.45) is 4.84. The SMILES string of the molecule is CCc1nc(Br)cc(N(C)CC2(O)CCCC2)n1. The summed E-state index contributed by atoms with van der Waals surface area (Å²) in [5.41, 5.74) is -0.543. The van der Waals surface area contributed by atoms with Gasteiger partial charge in [0.1, 0.15) is 16.2 Å². The third kappa shape index (κ3) is 3.20. The zero-order chi connectivity index (χ0) is 13.2. The Kier molecular flexibility index (Phi) is 4.22. The maximum absolute atomic E-state index is 10.4. The first-order chi connectivity index (χ1) is 8.52. The highest BCUT2D eigenvalue weighted by molar-refractivity contribution is 9.10. The molecule has 0 saturated heterocycles. The van der Waals surface area contributed by atoms with Crippen molar-refractivity contribution < 1.29 is 5.11 Å². The van der Waals surface area contributed by atoms with Gasteiger partial charge in [-0.1, -0.05) is 19.8 Å². The Morgan fingerprint density at radius 2 is 2.06 bits per heavy atom. The molecule has 0 atom stereocenters. The highest BCUT2D eigenvalue weighted by atomic mass is 79.9. The minimum absolute atomic E-state index is 0.543. The molecule has 0 bridgehead atoms. The van der Waals surface area contributed by atoms with Crippen LogP contribution in [0, 0.1) is 0 Å². The largest absolute Gasteiger partial charge is 0.388 e. The first-order valence-corrected chi connectivity index (χ1v) is 7.29. The zero-order valence-electron chi connectivity index (χ0n) is 11.0. The third-order valence-electron chi connectivity index (χ3n) is 3.50.